The van der Waals surface area contributed by atoms with Gasteiger partial charge in [-0.15, -0.1) is 0 Å². The van der Waals surface area contributed by atoms with Gasteiger partial charge in [0.2, 0.25) is 5.88 Å². The highest BCUT2D eigenvalue weighted by molar-refractivity contribution is 6.76. The van der Waals surface area contributed by atoms with E-state index in [0.29, 0.717) is 60.5 Å². The molecule has 0 N–H and O–H groups in total. The summed E-state index contributed by atoms with van der Waals surface area (Å²) in [5.74, 6) is 1.54. The van der Waals surface area contributed by atoms with Gasteiger partial charge in [-0.3, -0.25) is 4.79 Å². The Morgan fingerprint density at radius 1 is 1.00 bits per heavy atom. The predicted octanol–water partition coefficient (Wildman–Crippen LogP) is 7.97. The van der Waals surface area contributed by atoms with Crippen molar-refractivity contribution in [1.82, 2.24) is 19.4 Å². The molecule has 2 aromatic heterocycles. The summed E-state index contributed by atoms with van der Waals surface area (Å²) in [5.41, 5.74) is 2.92. The summed E-state index contributed by atoms with van der Waals surface area (Å²) in [7, 11) is -1.26. The molecule has 0 aliphatic heterocycles. The van der Waals surface area contributed by atoms with Crippen LogP contribution in [0.4, 0.5) is 4.39 Å². The van der Waals surface area contributed by atoms with E-state index in [-0.39, 0.29) is 12.2 Å². The van der Waals surface area contributed by atoms with Crippen LogP contribution in [-0.4, -0.2) is 66.1 Å². The van der Waals surface area contributed by atoms with Gasteiger partial charge in [0.05, 0.1) is 11.1 Å². The van der Waals surface area contributed by atoms with Crippen molar-refractivity contribution < 1.29 is 23.4 Å². The van der Waals surface area contributed by atoms with Gasteiger partial charge >= 0.3 is 0 Å². The Labute approximate surface area is 272 Å². The van der Waals surface area contributed by atoms with Crippen molar-refractivity contribution in [2.24, 2.45) is 5.92 Å². The van der Waals surface area contributed by atoms with Crippen LogP contribution in [0.5, 0.6) is 17.4 Å². The fraction of sp³-hybridized carbons (Fsp3) is 0.472. The van der Waals surface area contributed by atoms with Gasteiger partial charge in [-0.05, 0) is 85.4 Å². The van der Waals surface area contributed by atoms with Crippen LogP contribution in [-0.2, 0) is 22.7 Å². The number of likely N-dealkylation sites (N-methyl/N-ethyl adjacent to an activating group) is 1. The molecule has 2 aromatic carbocycles. The minimum Gasteiger partial charge on any atom is -0.492 e. The Hall–Kier alpha value is -3.60. The number of benzene rings is 2. The first kappa shape index (κ1) is 33.8. The van der Waals surface area contributed by atoms with E-state index in [2.05, 4.69) is 48.4 Å². The summed E-state index contributed by atoms with van der Waals surface area (Å²) >= 11 is 0. The van der Waals surface area contributed by atoms with Gasteiger partial charge < -0.3 is 23.7 Å². The highest BCUT2D eigenvalue weighted by atomic mass is 28.3. The first-order chi connectivity index (χ1) is 22.1. The highest BCUT2D eigenvalue weighted by Crippen LogP contribution is 2.35. The Kier molecular flexibility index (Phi) is 11.2. The van der Waals surface area contributed by atoms with Crippen molar-refractivity contribution in [1.29, 1.82) is 0 Å². The second-order valence-corrected chi connectivity index (χ2v) is 19.0. The predicted molar refractivity (Wildman–Crippen MR) is 183 cm³/mol. The Balaban J connectivity index is 1.37. The molecule has 0 atom stereocenters. The van der Waals surface area contributed by atoms with Crippen molar-refractivity contribution in [2.45, 2.75) is 71.9 Å². The maximum Gasteiger partial charge on any atom is 0.231 e. The number of aromatic nitrogens is 3. The van der Waals surface area contributed by atoms with Crippen LogP contribution in [0.1, 0.15) is 38.7 Å². The average molecular weight is 647 g/mol. The lowest BCUT2D eigenvalue weighted by atomic mass is 10.0. The molecule has 0 unspecified atom stereocenters. The second-order valence-electron chi connectivity index (χ2n) is 13.3. The van der Waals surface area contributed by atoms with Gasteiger partial charge in [0.1, 0.15) is 48.4 Å². The topological polar surface area (TPSA) is 78.7 Å². The minimum atomic E-state index is -1.26. The number of ether oxygens (including phenoxy) is 3. The maximum atomic E-state index is 15.0. The number of carbonyl (C=O) groups excluding carboxylic acids is 1. The van der Waals surface area contributed by atoms with E-state index in [4.69, 9.17) is 14.2 Å². The van der Waals surface area contributed by atoms with Crippen molar-refractivity contribution in [2.75, 3.05) is 32.8 Å². The zero-order chi connectivity index (χ0) is 32.7. The molecule has 0 saturated heterocycles. The third kappa shape index (κ3) is 9.24. The van der Waals surface area contributed by atoms with Crippen LogP contribution in [0.3, 0.4) is 0 Å². The number of Topliss-reactive ketones (excluding diaryl/α,β-unsaturated/α-hetero) is 1. The molecule has 246 valence electrons. The summed E-state index contributed by atoms with van der Waals surface area (Å²) in [4.78, 5) is 23.7. The van der Waals surface area contributed by atoms with Crippen molar-refractivity contribution >= 4 is 24.9 Å². The monoisotopic (exact) mass is 646 g/mol. The quantitative estimate of drug-likeness (QED) is 0.0801. The zero-order valence-electron chi connectivity index (χ0n) is 27.9. The van der Waals surface area contributed by atoms with Gasteiger partial charge in [0, 0.05) is 40.1 Å². The maximum absolute atomic E-state index is 15.0. The number of hydrogen-bond acceptors (Lipinski definition) is 7. The normalized spacial score (nSPS) is 13.5. The Morgan fingerprint density at radius 3 is 2.41 bits per heavy atom. The third-order valence-corrected chi connectivity index (χ3v) is 10.1. The van der Waals surface area contributed by atoms with Gasteiger partial charge in [0.15, 0.2) is 0 Å². The molecule has 10 heteroatoms. The Morgan fingerprint density at radius 2 is 1.74 bits per heavy atom. The van der Waals surface area contributed by atoms with Crippen LogP contribution in [0, 0.1) is 11.7 Å². The number of rotatable bonds is 18. The average Bonchev–Trinajstić information content (AvgIpc) is 3.76. The van der Waals surface area contributed by atoms with Crippen LogP contribution < -0.4 is 9.47 Å². The van der Waals surface area contributed by atoms with Crippen molar-refractivity contribution in [3.05, 3.63) is 66.2 Å². The number of hydrogen-bond donors (Lipinski definition) is 0. The van der Waals surface area contributed by atoms with E-state index >= 15 is 4.39 Å². The van der Waals surface area contributed by atoms with Crippen molar-refractivity contribution in [3.8, 4) is 28.6 Å². The standard InChI is InChI=1S/C36H47FN4O4Si/c1-6-40(7-2)16-17-44-30-13-10-27(11-14-30)34-23-32-35(41(34)25-43-18-19-46(3,4)5)38-24-39-36(32)45-31-15-12-28(33(37)22-31)21-29(42)20-26-8-9-26/h10-15,22-24,26H,6-9,16-21,25H2,1-5H3. The molecule has 0 radical (unpaired) electrons. The molecule has 0 amide bonds. The number of carbonyl (C=O) groups is 1. The van der Waals surface area contributed by atoms with Gasteiger partial charge in [-0.1, -0.05) is 39.6 Å². The summed E-state index contributed by atoms with van der Waals surface area (Å²) in [6, 6.07) is 15.7. The molecular formula is C36H47FN4O4Si. The molecule has 1 aliphatic rings. The largest absolute Gasteiger partial charge is 0.492 e. The highest BCUT2D eigenvalue weighted by Gasteiger charge is 2.25. The molecular weight excluding hydrogens is 600 g/mol. The molecule has 4 aromatic rings. The van der Waals surface area contributed by atoms with Crippen LogP contribution in [0.25, 0.3) is 22.3 Å². The third-order valence-electron chi connectivity index (χ3n) is 8.43. The summed E-state index contributed by atoms with van der Waals surface area (Å²) < 4.78 is 35.4. The lowest BCUT2D eigenvalue weighted by Gasteiger charge is -2.18. The van der Waals surface area contributed by atoms with Gasteiger partial charge in [0.25, 0.3) is 0 Å². The molecule has 2 heterocycles. The van der Waals surface area contributed by atoms with Crippen LogP contribution >= 0.6 is 0 Å². The van der Waals surface area contributed by atoms with E-state index in [9.17, 15) is 4.79 Å². The summed E-state index contributed by atoms with van der Waals surface area (Å²) in [6.45, 7) is 15.8. The lowest BCUT2D eigenvalue weighted by molar-refractivity contribution is -0.118. The fourth-order valence-corrected chi connectivity index (χ4v) is 6.11. The number of halogens is 1. The molecule has 46 heavy (non-hydrogen) atoms. The van der Waals surface area contributed by atoms with E-state index in [1.54, 1.807) is 12.1 Å². The molecule has 1 fully saturated rings. The van der Waals surface area contributed by atoms with Crippen LogP contribution in [0.15, 0.2) is 54.9 Å². The van der Waals surface area contributed by atoms with Gasteiger partial charge in [-0.2, -0.15) is 0 Å². The van der Waals surface area contributed by atoms with Crippen molar-refractivity contribution in [3.63, 3.8) is 0 Å². The first-order valence-corrected chi connectivity index (χ1v) is 20.2. The Bertz CT molecular complexity index is 1610. The molecule has 1 aliphatic carbocycles. The van der Waals surface area contributed by atoms with E-state index < -0.39 is 13.9 Å². The summed E-state index contributed by atoms with van der Waals surface area (Å²) in [6.07, 6.45) is 4.28. The molecule has 0 spiro atoms. The van der Waals surface area contributed by atoms with E-state index in [0.717, 1.165) is 55.5 Å². The number of fused-ring (bicyclic) bond motifs is 1. The van der Waals surface area contributed by atoms with Gasteiger partial charge in [-0.25, -0.2) is 14.4 Å². The SMILES string of the molecule is CCN(CC)CCOc1ccc(-c2cc3c(Oc4ccc(CC(=O)CC5CC5)c(F)c4)ncnc3n2COCC[Si](C)(C)C)cc1. The lowest BCUT2D eigenvalue weighted by Crippen LogP contribution is -2.27. The minimum absolute atomic E-state index is 0.0766. The number of nitrogens with zero attached hydrogens (tertiary/aromatic N) is 4. The first-order valence-electron chi connectivity index (χ1n) is 16.5. The van der Waals surface area contributed by atoms with Crippen LogP contribution in [0.2, 0.25) is 25.7 Å². The van der Waals surface area contributed by atoms with E-state index in [1.807, 2.05) is 34.9 Å². The smallest absolute Gasteiger partial charge is 0.231 e. The molecule has 5 rings (SSSR count). The van der Waals surface area contributed by atoms with E-state index in [1.165, 1.54) is 12.4 Å². The second kappa shape index (κ2) is 15.3. The fourth-order valence-electron chi connectivity index (χ4n) is 5.36. The molecule has 1 saturated carbocycles. The summed E-state index contributed by atoms with van der Waals surface area (Å²) in [5, 5.41) is 0.690. The zero-order valence-corrected chi connectivity index (χ0v) is 28.9. The molecule has 8 nitrogen and oxygen atoms in total. The molecule has 0 bridgehead atoms. The number of ketones is 1.